The molecule has 0 bridgehead atoms. The van der Waals surface area contributed by atoms with Crippen LogP contribution >= 0.6 is 0 Å². The number of alkyl halides is 2. The molecule has 1 amide bonds. The van der Waals surface area contributed by atoms with Crippen molar-refractivity contribution in [1.82, 2.24) is 10.2 Å². The molecule has 1 aromatic rings. The fraction of sp³-hybridized carbons (Fsp3) is 0.533. The summed E-state index contributed by atoms with van der Waals surface area (Å²) in [6.07, 6.45) is 0.0541. The van der Waals surface area contributed by atoms with E-state index in [9.17, 15) is 22.0 Å². The molecule has 1 rings (SSSR count). The van der Waals surface area contributed by atoms with Gasteiger partial charge in [-0.15, -0.1) is 0 Å². The summed E-state index contributed by atoms with van der Waals surface area (Å²) in [7, 11) is -0.779. The van der Waals surface area contributed by atoms with Crippen LogP contribution in [0.15, 0.2) is 29.2 Å². The lowest BCUT2D eigenvalue weighted by Crippen LogP contribution is -2.48. The molecular formula is C15H22F2N2O3S. The Kier molecular flexibility index (Phi) is 6.24. The van der Waals surface area contributed by atoms with Crippen molar-refractivity contribution in [1.29, 1.82) is 0 Å². The largest absolute Gasteiger partial charge is 0.354 e. The number of amides is 1. The van der Waals surface area contributed by atoms with Crippen LogP contribution in [-0.4, -0.2) is 51.2 Å². The highest BCUT2D eigenvalue weighted by Gasteiger charge is 2.26. The van der Waals surface area contributed by atoms with Gasteiger partial charge in [0, 0.05) is 12.1 Å². The third-order valence-electron chi connectivity index (χ3n) is 3.78. The lowest BCUT2D eigenvalue weighted by Gasteiger charge is -2.32. The van der Waals surface area contributed by atoms with Crippen LogP contribution in [0.2, 0.25) is 0 Å². The number of hydrogen-bond acceptors (Lipinski definition) is 4. The molecule has 0 heterocycles. The first kappa shape index (κ1) is 19.5. The first-order chi connectivity index (χ1) is 10.5. The lowest BCUT2D eigenvalue weighted by molar-refractivity contribution is -0.120. The topological polar surface area (TPSA) is 66.5 Å². The molecule has 0 aromatic heterocycles. The Bertz CT molecular complexity index is 641. The summed E-state index contributed by atoms with van der Waals surface area (Å²) in [6.45, 7) is 4.42. The molecule has 0 radical (unpaired) electrons. The highest BCUT2D eigenvalue weighted by atomic mass is 32.2. The minimum Gasteiger partial charge on any atom is -0.354 e. The second kappa shape index (κ2) is 7.35. The highest BCUT2D eigenvalue weighted by molar-refractivity contribution is 7.91. The van der Waals surface area contributed by atoms with E-state index >= 15 is 0 Å². The van der Waals surface area contributed by atoms with Gasteiger partial charge in [0.25, 0.3) is 0 Å². The summed E-state index contributed by atoms with van der Waals surface area (Å²) in [4.78, 5) is 13.4. The van der Waals surface area contributed by atoms with Crippen LogP contribution in [0.25, 0.3) is 0 Å². The molecule has 1 aromatic carbocycles. The number of sulfone groups is 1. The molecule has 1 N–H and O–H groups in total. The molecule has 0 aliphatic heterocycles. The van der Waals surface area contributed by atoms with E-state index < -0.39 is 20.5 Å². The number of nitrogens with one attached hydrogen (secondary N) is 1. The number of benzene rings is 1. The molecular weight excluding hydrogens is 326 g/mol. The van der Waals surface area contributed by atoms with E-state index in [1.54, 1.807) is 0 Å². The van der Waals surface area contributed by atoms with Crippen molar-refractivity contribution in [3.05, 3.63) is 29.8 Å². The molecule has 0 unspecified atom stereocenters. The van der Waals surface area contributed by atoms with Gasteiger partial charge in [-0.1, -0.05) is 12.1 Å². The average molecular weight is 348 g/mol. The Hall–Kier alpha value is -1.54. The van der Waals surface area contributed by atoms with Crippen molar-refractivity contribution in [3.8, 4) is 0 Å². The maximum absolute atomic E-state index is 12.4. The van der Waals surface area contributed by atoms with Crippen LogP contribution in [0, 0.1) is 0 Å². The normalized spacial score (nSPS) is 12.7. The Labute approximate surface area is 135 Å². The van der Waals surface area contributed by atoms with Gasteiger partial charge in [-0.05, 0) is 45.6 Å². The van der Waals surface area contributed by atoms with E-state index in [2.05, 4.69) is 5.32 Å². The molecule has 5 nitrogen and oxygen atoms in total. The second-order valence-corrected chi connectivity index (χ2v) is 8.03. The molecule has 8 heteroatoms. The van der Waals surface area contributed by atoms with Gasteiger partial charge in [-0.2, -0.15) is 8.78 Å². The second-order valence-electron chi connectivity index (χ2n) is 6.11. The number of nitrogens with zero attached hydrogens (tertiary/aromatic N) is 1. The predicted molar refractivity (Wildman–Crippen MR) is 84.1 cm³/mol. The van der Waals surface area contributed by atoms with Gasteiger partial charge in [0.1, 0.15) is 0 Å². The number of carbonyl (C=O) groups is 1. The van der Waals surface area contributed by atoms with E-state index in [1.165, 1.54) is 12.1 Å². The lowest BCUT2D eigenvalue weighted by atomic mass is 10.0. The summed E-state index contributed by atoms with van der Waals surface area (Å²) in [6, 6.07) is 4.92. The van der Waals surface area contributed by atoms with Gasteiger partial charge in [0.15, 0.2) is 0 Å². The van der Waals surface area contributed by atoms with Crippen molar-refractivity contribution in [2.24, 2.45) is 0 Å². The molecule has 0 aliphatic carbocycles. The van der Waals surface area contributed by atoms with Crippen LogP contribution in [0.5, 0.6) is 0 Å². The van der Waals surface area contributed by atoms with E-state index in [0.29, 0.717) is 12.1 Å². The van der Waals surface area contributed by atoms with Gasteiger partial charge in [0.2, 0.25) is 15.7 Å². The van der Waals surface area contributed by atoms with Crippen LogP contribution < -0.4 is 5.32 Å². The number of rotatable bonds is 7. The van der Waals surface area contributed by atoms with E-state index in [0.717, 1.165) is 12.1 Å². The van der Waals surface area contributed by atoms with Gasteiger partial charge in [-0.25, -0.2) is 8.42 Å². The van der Waals surface area contributed by atoms with Crippen molar-refractivity contribution in [2.45, 2.75) is 36.5 Å². The monoisotopic (exact) mass is 348 g/mol. The fourth-order valence-corrected chi connectivity index (χ4v) is 2.34. The zero-order valence-corrected chi connectivity index (χ0v) is 14.5. The third-order valence-corrected chi connectivity index (χ3v) is 5.18. The fourth-order valence-electron chi connectivity index (χ4n) is 1.62. The maximum atomic E-state index is 12.4. The molecule has 0 aliphatic rings. The predicted octanol–water partition coefficient (Wildman–Crippen LogP) is 1.68. The van der Waals surface area contributed by atoms with Crippen LogP contribution in [0.1, 0.15) is 19.4 Å². The van der Waals surface area contributed by atoms with Crippen molar-refractivity contribution >= 4 is 15.7 Å². The van der Waals surface area contributed by atoms with Gasteiger partial charge < -0.3 is 10.2 Å². The first-order valence-electron chi connectivity index (χ1n) is 7.02. The Morgan fingerprint density at radius 2 is 1.74 bits per heavy atom. The standard InChI is InChI=1S/C15H22F2N2O3S/c1-15(2,19(3)4)10-18-13(20)9-11-5-7-12(8-6-11)23(21,22)14(16)17/h5-8,14H,9-10H2,1-4H3,(H,18,20). The quantitative estimate of drug-likeness (QED) is 0.814. The Morgan fingerprint density at radius 1 is 1.22 bits per heavy atom. The van der Waals surface area contributed by atoms with E-state index in [-0.39, 0.29) is 17.9 Å². The summed E-state index contributed by atoms with van der Waals surface area (Å²) in [5, 5.41) is 2.80. The van der Waals surface area contributed by atoms with Crippen molar-refractivity contribution < 1.29 is 22.0 Å². The molecule has 0 saturated carbocycles. The molecule has 0 spiro atoms. The number of carbonyl (C=O) groups excluding carboxylic acids is 1. The highest BCUT2D eigenvalue weighted by Crippen LogP contribution is 2.18. The van der Waals surface area contributed by atoms with Gasteiger partial charge in [-0.3, -0.25) is 4.79 Å². The van der Waals surface area contributed by atoms with Gasteiger partial charge in [0.05, 0.1) is 11.3 Å². The van der Waals surface area contributed by atoms with Crippen LogP contribution in [0.4, 0.5) is 8.78 Å². The Morgan fingerprint density at radius 3 is 2.17 bits per heavy atom. The zero-order valence-electron chi connectivity index (χ0n) is 13.6. The molecule has 130 valence electrons. The summed E-state index contributed by atoms with van der Waals surface area (Å²) < 4.78 is 47.5. The van der Waals surface area contributed by atoms with Crippen molar-refractivity contribution in [3.63, 3.8) is 0 Å². The van der Waals surface area contributed by atoms with E-state index in [4.69, 9.17) is 0 Å². The zero-order chi connectivity index (χ0) is 17.8. The number of likely N-dealkylation sites (N-methyl/N-ethyl adjacent to an activating group) is 1. The maximum Gasteiger partial charge on any atom is 0.341 e. The molecule has 23 heavy (non-hydrogen) atoms. The van der Waals surface area contributed by atoms with E-state index in [1.807, 2.05) is 32.8 Å². The van der Waals surface area contributed by atoms with Crippen LogP contribution in [0.3, 0.4) is 0 Å². The number of hydrogen-bond donors (Lipinski definition) is 1. The Balaban J connectivity index is 2.67. The SMILES string of the molecule is CN(C)C(C)(C)CNC(=O)Cc1ccc(S(=O)(=O)C(F)F)cc1. The minimum absolute atomic E-state index is 0.0541. The van der Waals surface area contributed by atoms with Gasteiger partial charge >= 0.3 is 5.76 Å². The number of halogens is 2. The summed E-state index contributed by atoms with van der Waals surface area (Å²) in [5.41, 5.74) is 0.351. The molecule has 0 atom stereocenters. The minimum atomic E-state index is -4.60. The summed E-state index contributed by atoms with van der Waals surface area (Å²) >= 11 is 0. The molecule has 0 fully saturated rings. The van der Waals surface area contributed by atoms with Crippen molar-refractivity contribution in [2.75, 3.05) is 20.6 Å². The average Bonchev–Trinajstić information content (AvgIpc) is 2.45. The first-order valence-corrected chi connectivity index (χ1v) is 8.56. The smallest absolute Gasteiger partial charge is 0.341 e. The summed E-state index contributed by atoms with van der Waals surface area (Å²) in [5.74, 6) is -3.67. The molecule has 0 saturated heterocycles. The third kappa shape index (κ3) is 5.24. The van der Waals surface area contributed by atoms with Crippen LogP contribution in [-0.2, 0) is 21.1 Å².